The maximum atomic E-state index is 13.3. The molecule has 1 unspecified atom stereocenters. The Morgan fingerprint density at radius 3 is 2.38 bits per heavy atom. The molecule has 0 bridgehead atoms. The Morgan fingerprint density at radius 1 is 1.10 bits per heavy atom. The van der Waals surface area contributed by atoms with Gasteiger partial charge in [-0.3, -0.25) is 0 Å². The fourth-order valence-corrected chi connectivity index (χ4v) is 2.55. The Bertz CT molecular complexity index is 631. The largest absolute Gasteiger partial charge is 0.378 e. The predicted octanol–water partition coefficient (Wildman–Crippen LogP) is 5.95. The van der Waals surface area contributed by atoms with Crippen molar-refractivity contribution in [2.75, 3.05) is 5.32 Å². The summed E-state index contributed by atoms with van der Waals surface area (Å²) in [5.41, 5.74) is 3.37. The van der Waals surface area contributed by atoms with E-state index in [-0.39, 0.29) is 22.3 Å². The van der Waals surface area contributed by atoms with Crippen molar-refractivity contribution in [3.8, 4) is 0 Å². The van der Waals surface area contributed by atoms with Crippen LogP contribution in [0, 0.1) is 5.82 Å². The van der Waals surface area contributed by atoms with Crippen LogP contribution in [0.15, 0.2) is 42.5 Å². The van der Waals surface area contributed by atoms with E-state index in [9.17, 15) is 4.39 Å². The highest BCUT2D eigenvalue weighted by Crippen LogP contribution is 2.32. The highest BCUT2D eigenvalue weighted by molar-refractivity contribution is 6.30. The van der Waals surface area contributed by atoms with Crippen molar-refractivity contribution in [2.24, 2.45) is 0 Å². The van der Waals surface area contributed by atoms with Crippen LogP contribution >= 0.6 is 11.6 Å². The quantitative estimate of drug-likeness (QED) is 0.739. The Balaban J connectivity index is 2.27. The summed E-state index contributed by atoms with van der Waals surface area (Å²) in [6, 6.07) is 13.2. The second-order valence-electron chi connectivity index (χ2n) is 6.34. The van der Waals surface area contributed by atoms with Gasteiger partial charge in [-0.15, -0.1) is 0 Å². The fourth-order valence-electron chi connectivity index (χ4n) is 2.36. The molecule has 1 atom stereocenters. The fraction of sp³-hybridized carbons (Fsp3) is 0.333. The highest BCUT2D eigenvalue weighted by atomic mass is 35.5. The van der Waals surface area contributed by atoms with Gasteiger partial charge in [0.25, 0.3) is 0 Å². The van der Waals surface area contributed by atoms with Gasteiger partial charge in [0.2, 0.25) is 0 Å². The molecule has 2 aromatic carbocycles. The lowest BCUT2D eigenvalue weighted by Gasteiger charge is -2.26. The molecule has 2 rings (SSSR count). The van der Waals surface area contributed by atoms with Gasteiger partial charge in [0.15, 0.2) is 0 Å². The summed E-state index contributed by atoms with van der Waals surface area (Å²) >= 11 is 5.86. The van der Waals surface area contributed by atoms with Crippen LogP contribution < -0.4 is 5.32 Å². The van der Waals surface area contributed by atoms with Crippen LogP contribution in [0.5, 0.6) is 0 Å². The maximum absolute atomic E-state index is 13.3. The SMILES string of the molecule is CC(Nc1ccccc1C(C)(C)C)c1ccc(F)c(Cl)c1. The molecule has 1 nitrogen and oxygen atoms in total. The van der Waals surface area contributed by atoms with Crippen LogP contribution in [0.2, 0.25) is 5.02 Å². The van der Waals surface area contributed by atoms with Crippen molar-refractivity contribution in [3.05, 3.63) is 64.4 Å². The van der Waals surface area contributed by atoms with Crippen LogP contribution in [0.4, 0.5) is 10.1 Å². The minimum atomic E-state index is -0.386. The summed E-state index contributed by atoms with van der Waals surface area (Å²) in [6.07, 6.45) is 0. The Kier molecular flexibility index (Phi) is 4.58. The molecule has 2 aromatic rings. The first-order valence-electron chi connectivity index (χ1n) is 7.10. The van der Waals surface area contributed by atoms with Crippen LogP contribution in [-0.4, -0.2) is 0 Å². The molecule has 0 saturated carbocycles. The number of hydrogen-bond acceptors (Lipinski definition) is 1. The van der Waals surface area contributed by atoms with Crippen LogP contribution in [0.3, 0.4) is 0 Å². The van der Waals surface area contributed by atoms with Gasteiger partial charge < -0.3 is 5.32 Å². The Morgan fingerprint density at radius 2 is 1.76 bits per heavy atom. The Labute approximate surface area is 131 Å². The van der Waals surface area contributed by atoms with E-state index >= 15 is 0 Å². The molecule has 0 aliphatic carbocycles. The molecule has 0 heterocycles. The molecule has 0 aliphatic heterocycles. The van der Waals surface area contributed by atoms with E-state index in [1.54, 1.807) is 12.1 Å². The molecule has 0 radical (unpaired) electrons. The maximum Gasteiger partial charge on any atom is 0.141 e. The zero-order chi connectivity index (χ0) is 15.6. The third kappa shape index (κ3) is 3.76. The van der Waals surface area contributed by atoms with E-state index in [0.29, 0.717) is 0 Å². The van der Waals surface area contributed by atoms with E-state index < -0.39 is 0 Å². The summed E-state index contributed by atoms with van der Waals surface area (Å²) in [7, 11) is 0. The molecule has 0 amide bonds. The second-order valence-corrected chi connectivity index (χ2v) is 6.74. The molecular formula is C18H21ClFN. The summed E-state index contributed by atoms with van der Waals surface area (Å²) in [6.45, 7) is 8.61. The number of para-hydroxylation sites is 1. The lowest BCUT2D eigenvalue weighted by molar-refractivity contribution is 0.590. The number of halogens is 2. The molecule has 0 saturated heterocycles. The van der Waals surface area contributed by atoms with Gasteiger partial charge >= 0.3 is 0 Å². The van der Waals surface area contributed by atoms with Crippen molar-refractivity contribution >= 4 is 17.3 Å². The molecular weight excluding hydrogens is 285 g/mol. The molecule has 0 spiro atoms. The lowest BCUT2D eigenvalue weighted by Crippen LogP contribution is -2.16. The topological polar surface area (TPSA) is 12.0 Å². The number of hydrogen-bond donors (Lipinski definition) is 1. The van der Waals surface area contributed by atoms with Crippen molar-refractivity contribution in [1.29, 1.82) is 0 Å². The van der Waals surface area contributed by atoms with E-state index in [1.807, 2.05) is 19.1 Å². The Hall–Kier alpha value is -1.54. The first-order valence-corrected chi connectivity index (χ1v) is 7.48. The molecule has 112 valence electrons. The summed E-state index contributed by atoms with van der Waals surface area (Å²) in [5, 5.41) is 3.66. The first-order chi connectivity index (χ1) is 9.79. The van der Waals surface area contributed by atoms with Crippen LogP contribution in [0.25, 0.3) is 0 Å². The van der Waals surface area contributed by atoms with E-state index in [2.05, 4.69) is 38.2 Å². The minimum absolute atomic E-state index is 0.0478. The van der Waals surface area contributed by atoms with Gasteiger partial charge in [0.1, 0.15) is 5.82 Å². The van der Waals surface area contributed by atoms with E-state index in [1.165, 1.54) is 11.6 Å². The monoisotopic (exact) mass is 305 g/mol. The summed E-state index contributed by atoms with van der Waals surface area (Å²) in [5.74, 6) is -0.386. The molecule has 1 N–H and O–H groups in total. The van der Waals surface area contributed by atoms with E-state index in [0.717, 1.165) is 11.3 Å². The number of anilines is 1. The number of benzene rings is 2. The summed E-state index contributed by atoms with van der Waals surface area (Å²) < 4.78 is 13.3. The van der Waals surface area contributed by atoms with Crippen molar-refractivity contribution in [3.63, 3.8) is 0 Å². The van der Waals surface area contributed by atoms with Gasteiger partial charge in [0.05, 0.1) is 5.02 Å². The van der Waals surface area contributed by atoms with Gasteiger partial charge in [0, 0.05) is 11.7 Å². The molecule has 0 aromatic heterocycles. The summed E-state index contributed by atoms with van der Waals surface area (Å²) in [4.78, 5) is 0. The molecule has 3 heteroatoms. The average Bonchev–Trinajstić information content (AvgIpc) is 2.41. The van der Waals surface area contributed by atoms with Crippen LogP contribution in [0.1, 0.15) is 44.9 Å². The number of rotatable bonds is 3. The smallest absolute Gasteiger partial charge is 0.141 e. The van der Waals surface area contributed by atoms with Gasteiger partial charge in [-0.25, -0.2) is 4.39 Å². The van der Waals surface area contributed by atoms with Crippen molar-refractivity contribution < 1.29 is 4.39 Å². The molecule has 0 aliphatic rings. The average molecular weight is 306 g/mol. The predicted molar refractivity (Wildman–Crippen MR) is 88.6 cm³/mol. The standard InChI is InChI=1S/C18H21ClFN/c1-12(13-9-10-16(20)15(19)11-13)21-17-8-6-5-7-14(17)18(2,3)4/h5-12,21H,1-4H3. The number of nitrogens with one attached hydrogen (secondary N) is 1. The molecule has 0 fully saturated rings. The highest BCUT2D eigenvalue weighted by Gasteiger charge is 2.18. The van der Waals surface area contributed by atoms with Gasteiger partial charge in [-0.1, -0.05) is 56.6 Å². The third-order valence-corrected chi connectivity index (χ3v) is 3.84. The second kappa shape index (κ2) is 6.07. The molecule has 21 heavy (non-hydrogen) atoms. The normalized spacial score (nSPS) is 13.0. The van der Waals surface area contributed by atoms with Crippen molar-refractivity contribution in [1.82, 2.24) is 0 Å². The zero-order valence-corrected chi connectivity index (χ0v) is 13.6. The lowest BCUT2D eigenvalue weighted by atomic mass is 9.85. The van der Waals surface area contributed by atoms with Gasteiger partial charge in [-0.05, 0) is 41.7 Å². The van der Waals surface area contributed by atoms with Crippen LogP contribution in [-0.2, 0) is 5.41 Å². The van der Waals surface area contributed by atoms with E-state index in [4.69, 9.17) is 11.6 Å². The van der Waals surface area contributed by atoms with Gasteiger partial charge in [-0.2, -0.15) is 0 Å². The first kappa shape index (κ1) is 15.8. The zero-order valence-electron chi connectivity index (χ0n) is 12.9. The third-order valence-electron chi connectivity index (χ3n) is 3.55. The van der Waals surface area contributed by atoms with Crippen molar-refractivity contribution in [2.45, 2.75) is 39.2 Å². The minimum Gasteiger partial charge on any atom is -0.378 e.